The summed E-state index contributed by atoms with van der Waals surface area (Å²) in [5, 5.41) is 11.7. The summed E-state index contributed by atoms with van der Waals surface area (Å²) in [7, 11) is -3.89. The van der Waals surface area contributed by atoms with Gasteiger partial charge in [0.15, 0.2) is 12.7 Å². The molecule has 4 rings (SSSR count). The number of fused-ring (bicyclic) bond motifs is 2. The van der Waals surface area contributed by atoms with Crippen LogP contribution in [-0.4, -0.2) is 26.0 Å². The van der Waals surface area contributed by atoms with Crippen LogP contribution in [0.5, 0.6) is 0 Å². The molecule has 31 heavy (non-hydrogen) atoms. The molecule has 0 spiro atoms. The van der Waals surface area contributed by atoms with Crippen molar-refractivity contribution < 1.29 is 26.9 Å². The first kappa shape index (κ1) is 22.9. The van der Waals surface area contributed by atoms with Gasteiger partial charge >= 0.3 is 7.25 Å². The highest BCUT2D eigenvalue weighted by Crippen LogP contribution is 2.44. The lowest BCUT2D eigenvalue weighted by Gasteiger charge is -2.12. The number of anilines is 1. The number of nitrogens with zero attached hydrogens (tertiary/aromatic N) is 2. The van der Waals surface area contributed by atoms with Crippen LogP contribution in [0.3, 0.4) is 0 Å². The first-order valence-electron chi connectivity index (χ1n) is 9.56. The van der Waals surface area contributed by atoms with Gasteiger partial charge in [-0.15, -0.1) is 0 Å². The Morgan fingerprint density at radius 1 is 1.03 bits per heavy atom. The van der Waals surface area contributed by atoms with Crippen molar-refractivity contribution in [1.29, 1.82) is 0 Å². The second-order valence-electron chi connectivity index (χ2n) is 6.69. The predicted molar refractivity (Wildman–Crippen MR) is 119 cm³/mol. The van der Waals surface area contributed by atoms with Crippen molar-refractivity contribution in [2.24, 2.45) is 0 Å². The van der Waals surface area contributed by atoms with Crippen LogP contribution in [0.4, 0.5) is 23.0 Å². The van der Waals surface area contributed by atoms with E-state index in [1.165, 1.54) is 26.6 Å². The van der Waals surface area contributed by atoms with Gasteiger partial charge in [0.1, 0.15) is 6.61 Å². The van der Waals surface area contributed by atoms with Crippen molar-refractivity contribution in [1.82, 2.24) is 0 Å². The highest BCUT2D eigenvalue weighted by Gasteiger charge is 2.21. The molecular weight excluding hydrogens is 427 g/mol. The summed E-state index contributed by atoms with van der Waals surface area (Å²) in [4.78, 5) is 3.52. The lowest BCUT2D eigenvalue weighted by Crippen LogP contribution is -2.36. The van der Waals surface area contributed by atoms with Gasteiger partial charge in [0.2, 0.25) is 5.52 Å². The first-order chi connectivity index (χ1) is 14.8. The molecule has 3 nitrogen and oxygen atoms in total. The number of aromatic nitrogens is 1. The summed E-state index contributed by atoms with van der Waals surface area (Å²) < 4.78 is 41.1. The van der Waals surface area contributed by atoms with Gasteiger partial charge in [0, 0.05) is 24.1 Å². The first-order valence-corrected chi connectivity index (χ1v) is 10.4. The van der Waals surface area contributed by atoms with Gasteiger partial charge in [0.25, 0.3) is 0 Å². The molecule has 0 atom stereocenters. The number of aliphatic hydroxyl groups is 1. The minimum Gasteiger partial charge on any atom is -0.418 e. The number of hydrogen-bond donors (Lipinski definition) is 1. The zero-order valence-electron chi connectivity index (χ0n) is 16.8. The molecule has 0 unspecified atom stereocenters. The van der Waals surface area contributed by atoms with Gasteiger partial charge in [-0.2, -0.15) is 4.57 Å². The minimum atomic E-state index is -6.00. The maximum atomic E-state index is 9.75. The van der Waals surface area contributed by atoms with Gasteiger partial charge in [-0.25, -0.2) is 0 Å². The van der Waals surface area contributed by atoms with Crippen LogP contribution in [-0.2, 0) is 6.54 Å². The molecule has 0 saturated carbocycles. The van der Waals surface area contributed by atoms with Crippen LogP contribution in [0.1, 0.15) is 5.56 Å². The molecule has 0 bridgehead atoms. The lowest BCUT2D eigenvalue weighted by atomic mass is 10.1. The quantitative estimate of drug-likeness (QED) is 0.324. The molecule has 0 radical (unpaired) electrons. The van der Waals surface area contributed by atoms with Gasteiger partial charge in [-0.05, 0) is 29.8 Å². The summed E-state index contributed by atoms with van der Waals surface area (Å²) in [6, 6.07) is 18.9. The molecule has 2 aromatic carbocycles. The molecule has 0 fully saturated rings. The van der Waals surface area contributed by atoms with E-state index in [1.807, 2.05) is 12.3 Å². The van der Waals surface area contributed by atoms with E-state index in [0.29, 0.717) is 6.54 Å². The molecule has 1 aliphatic heterocycles. The summed E-state index contributed by atoms with van der Waals surface area (Å²) in [6.45, 7) is 0.744. The maximum Gasteiger partial charge on any atom is 0.673 e. The van der Waals surface area contributed by atoms with Crippen molar-refractivity contribution in [2.75, 3.05) is 18.6 Å². The Kier molecular flexibility index (Phi) is 7.40. The summed E-state index contributed by atoms with van der Waals surface area (Å²) in [5.41, 5.74) is 3.57. The fourth-order valence-corrected chi connectivity index (χ4v) is 4.32. The molecule has 0 aliphatic carbocycles. The zero-order chi connectivity index (χ0) is 22.4. The molecule has 1 aliphatic rings. The van der Waals surface area contributed by atoms with E-state index in [1.54, 1.807) is 11.8 Å². The fourth-order valence-electron chi connectivity index (χ4n) is 3.26. The summed E-state index contributed by atoms with van der Waals surface area (Å²) >= 11 is 1.80. The average molecular weight is 448 g/mol. The minimum absolute atomic E-state index is 0.139. The van der Waals surface area contributed by atoms with Crippen molar-refractivity contribution in [3.63, 3.8) is 0 Å². The molecule has 162 valence electrons. The van der Waals surface area contributed by atoms with E-state index >= 15 is 0 Å². The Bertz CT molecular complexity index is 1110. The molecule has 1 aromatic heterocycles. The number of rotatable bonds is 4. The largest absolute Gasteiger partial charge is 0.673 e. The predicted octanol–water partition coefficient (Wildman–Crippen LogP) is 5.52. The second-order valence-corrected chi connectivity index (χ2v) is 7.76. The average Bonchev–Trinajstić information content (AvgIpc) is 3.04. The number of pyridine rings is 1. The number of aliphatic hydroxyl groups excluding tert-OH is 1. The standard InChI is InChI=1S/C22H21N2OS.BF4/c1-23-20-10-4-5-11-21(20)26-22(23)12-6-7-17-13-14-24(15-16-25)19-9-3-2-8-18(17)19;2-1(3,4)5/h2-14,25H,15-16H2,1H3;/q+1;-1. The SMILES string of the molecule is CN1/C(=C\C=C\c2cc[n+](CCO)c3ccccc23)Sc2ccccc21.F[B-](F)(F)F. The highest BCUT2D eigenvalue weighted by atomic mass is 32.2. The highest BCUT2D eigenvalue weighted by molar-refractivity contribution is 8.03. The number of thioether (sulfide) groups is 1. The van der Waals surface area contributed by atoms with E-state index in [4.69, 9.17) is 0 Å². The Labute approximate surface area is 182 Å². The molecule has 0 saturated heterocycles. The Hall–Kier alpha value is -2.78. The van der Waals surface area contributed by atoms with Crippen molar-refractivity contribution in [2.45, 2.75) is 11.4 Å². The zero-order valence-corrected chi connectivity index (χ0v) is 17.6. The van der Waals surface area contributed by atoms with Gasteiger partial charge in [-0.1, -0.05) is 48.2 Å². The third-order valence-corrected chi connectivity index (χ3v) is 5.77. The van der Waals surface area contributed by atoms with Crippen LogP contribution in [0.2, 0.25) is 0 Å². The Balaban J connectivity index is 0.000000491. The van der Waals surface area contributed by atoms with Crippen LogP contribution < -0.4 is 9.47 Å². The lowest BCUT2D eigenvalue weighted by molar-refractivity contribution is -0.672. The van der Waals surface area contributed by atoms with E-state index in [-0.39, 0.29) is 6.61 Å². The van der Waals surface area contributed by atoms with Crippen LogP contribution in [0.25, 0.3) is 17.0 Å². The van der Waals surface area contributed by atoms with Crippen molar-refractivity contribution in [3.05, 3.63) is 83.5 Å². The smallest absolute Gasteiger partial charge is 0.418 e. The van der Waals surface area contributed by atoms with E-state index in [9.17, 15) is 22.4 Å². The maximum absolute atomic E-state index is 9.75. The Morgan fingerprint density at radius 3 is 2.42 bits per heavy atom. The van der Waals surface area contributed by atoms with Crippen LogP contribution in [0.15, 0.2) is 82.9 Å². The molecule has 9 heteroatoms. The fraction of sp³-hybridized carbons (Fsp3) is 0.136. The van der Waals surface area contributed by atoms with Gasteiger partial charge in [0.05, 0.1) is 16.1 Å². The molecule has 1 N–H and O–H groups in total. The number of halogens is 4. The van der Waals surface area contributed by atoms with Crippen molar-refractivity contribution in [3.8, 4) is 0 Å². The third-order valence-electron chi connectivity index (χ3n) is 4.59. The van der Waals surface area contributed by atoms with E-state index < -0.39 is 7.25 Å². The third kappa shape index (κ3) is 6.12. The second kappa shape index (κ2) is 10.0. The van der Waals surface area contributed by atoms with Crippen LogP contribution >= 0.6 is 11.8 Å². The van der Waals surface area contributed by atoms with Crippen LogP contribution in [0, 0.1) is 0 Å². The van der Waals surface area contributed by atoms with E-state index in [2.05, 4.69) is 83.3 Å². The van der Waals surface area contributed by atoms with Gasteiger partial charge in [-0.3, -0.25) is 0 Å². The molecule has 3 aromatic rings. The number of benzene rings is 2. The molecule has 2 heterocycles. The monoisotopic (exact) mass is 448 g/mol. The number of para-hydroxylation sites is 2. The summed E-state index contributed by atoms with van der Waals surface area (Å²) in [5.74, 6) is 0. The number of hydrogen-bond acceptors (Lipinski definition) is 3. The van der Waals surface area contributed by atoms with Gasteiger partial charge < -0.3 is 27.3 Å². The molecule has 0 amide bonds. The Morgan fingerprint density at radius 2 is 1.71 bits per heavy atom. The number of allylic oxidation sites excluding steroid dienone is 2. The normalized spacial score (nSPS) is 14.8. The topological polar surface area (TPSA) is 27.4 Å². The summed E-state index contributed by atoms with van der Waals surface area (Å²) in [6.07, 6.45) is 8.46. The van der Waals surface area contributed by atoms with Crippen molar-refractivity contribution >= 4 is 41.7 Å². The van der Waals surface area contributed by atoms with E-state index in [0.717, 1.165) is 5.52 Å². The molecular formula is C22H21BF4N2OS.